The first-order chi connectivity index (χ1) is 9.10. The Morgan fingerprint density at radius 1 is 1.15 bits per heavy atom. The van der Waals surface area contributed by atoms with Gasteiger partial charge in [-0.1, -0.05) is 6.92 Å². The third kappa shape index (κ3) is 1.56. The third-order valence-electron chi connectivity index (χ3n) is 5.93. The molecule has 0 radical (unpaired) electrons. The summed E-state index contributed by atoms with van der Waals surface area (Å²) in [5, 5.41) is 21.1. The second-order valence-corrected chi connectivity index (χ2v) is 7.34. The van der Waals surface area contributed by atoms with E-state index in [1.54, 1.807) is 6.92 Å². The molecular formula is C15H22O5. The van der Waals surface area contributed by atoms with Gasteiger partial charge in [-0.15, -0.1) is 0 Å². The van der Waals surface area contributed by atoms with E-state index >= 15 is 0 Å². The van der Waals surface area contributed by atoms with Gasteiger partial charge in [-0.3, -0.25) is 4.79 Å². The molecule has 2 saturated carbocycles. The van der Waals surface area contributed by atoms with E-state index in [1.165, 1.54) is 6.92 Å². The Hall–Kier alpha value is -0.940. The number of ketones is 1. The maximum atomic E-state index is 12.4. The maximum Gasteiger partial charge on any atom is 0.338 e. The smallest absolute Gasteiger partial charge is 0.338 e. The average molecular weight is 282 g/mol. The fourth-order valence-corrected chi connectivity index (χ4v) is 4.68. The van der Waals surface area contributed by atoms with Crippen LogP contribution in [0.5, 0.6) is 0 Å². The molecule has 0 bridgehead atoms. The van der Waals surface area contributed by atoms with Crippen molar-refractivity contribution in [1.82, 2.24) is 0 Å². The number of aliphatic hydroxyl groups is 2. The molecule has 0 aromatic rings. The van der Waals surface area contributed by atoms with E-state index in [9.17, 15) is 19.8 Å². The van der Waals surface area contributed by atoms with Crippen LogP contribution in [0.15, 0.2) is 0 Å². The first-order valence-electron chi connectivity index (χ1n) is 7.30. The largest absolute Gasteiger partial charge is 0.459 e. The molecular weight excluding hydrogens is 260 g/mol. The lowest BCUT2D eigenvalue weighted by Gasteiger charge is -2.54. The summed E-state index contributed by atoms with van der Waals surface area (Å²) in [5.74, 6) is -1.28. The van der Waals surface area contributed by atoms with Crippen LogP contribution < -0.4 is 0 Å². The lowest BCUT2D eigenvalue weighted by atomic mass is 9.51. The Morgan fingerprint density at radius 3 is 2.45 bits per heavy atom. The SMILES string of the molecule is C[C@@]12CC[C@@H]3[C@@H](OC(=O)[C@@]3(C)O)[C@H]1[C@](C)(O)CCC2=O. The van der Waals surface area contributed by atoms with E-state index < -0.39 is 34.6 Å². The van der Waals surface area contributed by atoms with E-state index in [-0.39, 0.29) is 11.7 Å². The Bertz CT molecular complexity index is 481. The minimum Gasteiger partial charge on any atom is -0.459 e. The monoisotopic (exact) mass is 282 g/mol. The maximum absolute atomic E-state index is 12.4. The van der Waals surface area contributed by atoms with Crippen molar-refractivity contribution in [3.63, 3.8) is 0 Å². The van der Waals surface area contributed by atoms with Crippen molar-refractivity contribution >= 4 is 11.8 Å². The summed E-state index contributed by atoms with van der Waals surface area (Å²) in [6.45, 7) is 5.05. The van der Waals surface area contributed by atoms with Crippen molar-refractivity contribution in [3.05, 3.63) is 0 Å². The topological polar surface area (TPSA) is 83.8 Å². The van der Waals surface area contributed by atoms with Gasteiger partial charge >= 0.3 is 5.97 Å². The predicted octanol–water partition coefficient (Wildman–Crippen LogP) is 0.809. The lowest BCUT2D eigenvalue weighted by molar-refractivity contribution is -0.187. The number of rotatable bonds is 0. The van der Waals surface area contributed by atoms with Gasteiger partial charge in [0.15, 0.2) is 5.60 Å². The number of carbonyl (C=O) groups is 2. The van der Waals surface area contributed by atoms with E-state index in [2.05, 4.69) is 0 Å². The number of hydrogen-bond donors (Lipinski definition) is 2. The second kappa shape index (κ2) is 3.83. The fraction of sp³-hybridized carbons (Fsp3) is 0.867. The lowest BCUT2D eigenvalue weighted by Crippen LogP contribution is -2.62. The van der Waals surface area contributed by atoms with E-state index in [0.717, 1.165) is 0 Å². The van der Waals surface area contributed by atoms with Gasteiger partial charge in [0.25, 0.3) is 0 Å². The van der Waals surface area contributed by atoms with Gasteiger partial charge in [0.05, 0.1) is 5.60 Å². The van der Waals surface area contributed by atoms with Crippen molar-refractivity contribution in [1.29, 1.82) is 0 Å². The predicted molar refractivity (Wildman–Crippen MR) is 69.7 cm³/mol. The van der Waals surface area contributed by atoms with Crippen LogP contribution >= 0.6 is 0 Å². The van der Waals surface area contributed by atoms with Crippen LogP contribution in [0.1, 0.15) is 46.5 Å². The summed E-state index contributed by atoms with van der Waals surface area (Å²) in [6.07, 6.45) is 1.32. The Kier molecular flexibility index (Phi) is 2.68. The molecule has 1 heterocycles. The minimum absolute atomic E-state index is 0.134. The molecule has 0 aromatic carbocycles. The molecule has 0 aromatic heterocycles. The highest BCUT2D eigenvalue weighted by Gasteiger charge is 2.67. The minimum atomic E-state index is -1.51. The zero-order valence-corrected chi connectivity index (χ0v) is 12.2. The normalized spacial score (nSPS) is 55.1. The highest BCUT2D eigenvalue weighted by atomic mass is 16.6. The van der Waals surface area contributed by atoms with Gasteiger partial charge in [0.1, 0.15) is 11.9 Å². The summed E-state index contributed by atoms with van der Waals surface area (Å²) in [6, 6.07) is 0. The third-order valence-corrected chi connectivity index (χ3v) is 5.93. The number of hydrogen-bond acceptors (Lipinski definition) is 5. The second-order valence-electron chi connectivity index (χ2n) is 7.34. The Labute approximate surface area is 118 Å². The Balaban J connectivity index is 2.06. The molecule has 5 heteroatoms. The molecule has 3 fully saturated rings. The quantitative estimate of drug-likeness (QED) is 0.642. The average Bonchev–Trinajstić information content (AvgIpc) is 2.55. The van der Waals surface area contributed by atoms with Crippen LogP contribution in [-0.2, 0) is 14.3 Å². The van der Waals surface area contributed by atoms with Crippen LogP contribution in [0.25, 0.3) is 0 Å². The molecule has 2 N–H and O–H groups in total. The highest BCUT2D eigenvalue weighted by Crippen LogP contribution is 2.58. The van der Waals surface area contributed by atoms with E-state index in [4.69, 9.17) is 4.74 Å². The van der Waals surface area contributed by atoms with E-state index in [1.807, 2.05) is 6.92 Å². The number of Topliss-reactive ketones (excluding diaryl/α,β-unsaturated/α-hetero) is 1. The van der Waals surface area contributed by atoms with E-state index in [0.29, 0.717) is 25.7 Å². The molecule has 6 atom stereocenters. The molecule has 1 saturated heterocycles. The van der Waals surface area contributed by atoms with Crippen molar-refractivity contribution in [3.8, 4) is 0 Å². The molecule has 0 unspecified atom stereocenters. The first kappa shape index (κ1) is 14.0. The van der Waals surface area contributed by atoms with Gasteiger partial charge in [0.2, 0.25) is 0 Å². The van der Waals surface area contributed by atoms with Crippen LogP contribution in [-0.4, -0.2) is 39.3 Å². The Morgan fingerprint density at radius 2 is 1.80 bits per heavy atom. The summed E-state index contributed by atoms with van der Waals surface area (Å²) in [5.41, 5.74) is -3.22. The van der Waals surface area contributed by atoms with Crippen molar-refractivity contribution < 1.29 is 24.5 Å². The van der Waals surface area contributed by atoms with Crippen LogP contribution in [0, 0.1) is 17.3 Å². The van der Waals surface area contributed by atoms with Gasteiger partial charge < -0.3 is 14.9 Å². The number of fused-ring (bicyclic) bond motifs is 3. The molecule has 1 aliphatic heterocycles. The fourth-order valence-electron chi connectivity index (χ4n) is 4.68. The zero-order chi connectivity index (χ0) is 14.9. The molecule has 5 nitrogen and oxygen atoms in total. The van der Waals surface area contributed by atoms with Crippen LogP contribution in [0.3, 0.4) is 0 Å². The number of esters is 1. The summed E-state index contributed by atoms with van der Waals surface area (Å²) in [4.78, 5) is 24.3. The molecule has 0 amide bonds. The summed E-state index contributed by atoms with van der Waals surface area (Å²) in [7, 11) is 0. The zero-order valence-electron chi connectivity index (χ0n) is 12.2. The highest BCUT2D eigenvalue weighted by molar-refractivity contribution is 5.87. The van der Waals surface area contributed by atoms with Crippen molar-refractivity contribution in [2.24, 2.45) is 17.3 Å². The van der Waals surface area contributed by atoms with Crippen LogP contribution in [0.2, 0.25) is 0 Å². The van der Waals surface area contributed by atoms with Gasteiger partial charge in [-0.25, -0.2) is 4.79 Å². The molecule has 20 heavy (non-hydrogen) atoms. The molecule has 2 aliphatic carbocycles. The van der Waals surface area contributed by atoms with Crippen LogP contribution in [0.4, 0.5) is 0 Å². The summed E-state index contributed by atoms with van der Waals surface area (Å²) >= 11 is 0. The first-order valence-corrected chi connectivity index (χ1v) is 7.30. The van der Waals surface area contributed by atoms with Gasteiger partial charge in [-0.05, 0) is 33.1 Å². The van der Waals surface area contributed by atoms with Crippen molar-refractivity contribution in [2.75, 3.05) is 0 Å². The molecule has 0 spiro atoms. The van der Waals surface area contributed by atoms with Crippen molar-refractivity contribution in [2.45, 2.75) is 63.8 Å². The molecule has 112 valence electrons. The number of ether oxygens (including phenoxy) is 1. The molecule has 3 aliphatic rings. The van der Waals surface area contributed by atoms with Gasteiger partial charge in [0, 0.05) is 23.7 Å². The standard InChI is InChI=1S/C15H22O5/c1-13-6-4-8-10(20-12(17)15(8,3)19)11(13)14(2,18)7-5-9(13)16/h8,10-11,18-19H,4-7H2,1-3H3/t8-,10-,11-,13+,14-,15+/m1/s1. The summed E-state index contributed by atoms with van der Waals surface area (Å²) < 4.78 is 5.40. The van der Waals surface area contributed by atoms with Gasteiger partial charge in [-0.2, -0.15) is 0 Å². The number of carbonyl (C=O) groups excluding carboxylic acids is 2. The molecule has 3 rings (SSSR count).